The molecule has 0 fully saturated rings. The summed E-state index contributed by atoms with van der Waals surface area (Å²) in [7, 11) is 4.03. The molecule has 0 amide bonds. The van der Waals surface area contributed by atoms with Crippen LogP contribution in [0.25, 0.3) is 0 Å². The fourth-order valence-corrected chi connectivity index (χ4v) is 1.86. The number of benzene rings is 1. The summed E-state index contributed by atoms with van der Waals surface area (Å²) in [5.74, 6) is 0. The Bertz CT molecular complexity index is 590. The molecule has 0 spiro atoms. The van der Waals surface area contributed by atoms with Crippen LogP contribution < -0.4 is 15.8 Å². The first-order valence-electron chi connectivity index (χ1n) is 6.33. The zero-order valence-corrected chi connectivity index (χ0v) is 11.3. The quantitative estimate of drug-likeness (QED) is 0.890. The minimum absolute atomic E-state index is 0.0337. The number of pyridine rings is 1. The molecule has 0 saturated heterocycles. The van der Waals surface area contributed by atoms with Crippen LogP contribution in [0.5, 0.6) is 0 Å². The zero-order chi connectivity index (χ0) is 13.7. The van der Waals surface area contributed by atoms with Crippen LogP contribution in [-0.4, -0.2) is 25.2 Å². The molecule has 1 N–H and O–H groups in total. The highest BCUT2D eigenvalue weighted by Gasteiger charge is 1.98. The van der Waals surface area contributed by atoms with E-state index in [1.54, 1.807) is 22.9 Å². The van der Waals surface area contributed by atoms with Gasteiger partial charge in [-0.2, -0.15) is 0 Å². The number of aromatic nitrogens is 1. The third-order valence-corrected chi connectivity index (χ3v) is 2.94. The lowest BCUT2D eigenvalue weighted by Gasteiger charge is -2.14. The van der Waals surface area contributed by atoms with Gasteiger partial charge in [0.2, 0.25) is 0 Å². The maximum atomic E-state index is 11.5. The van der Waals surface area contributed by atoms with Gasteiger partial charge in [-0.05, 0) is 24.3 Å². The van der Waals surface area contributed by atoms with E-state index in [9.17, 15) is 4.79 Å². The molecule has 1 aromatic carbocycles. The zero-order valence-electron chi connectivity index (χ0n) is 11.3. The van der Waals surface area contributed by atoms with Crippen molar-refractivity contribution in [3.05, 3.63) is 59.0 Å². The van der Waals surface area contributed by atoms with Crippen molar-refractivity contribution < 1.29 is 0 Å². The fourth-order valence-electron chi connectivity index (χ4n) is 1.86. The molecule has 1 heterocycles. The summed E-state index contributed by atoms with van der Waals surface area (Å²) in [5, 5.41) is 3.33. The summed E-state index contributed by atoms with van der Waals surface area (Å²) in [6, 6.07) is 13.4. The normalized spacial score (nSPS) is 10.2. The lowest BCUT2D eigenvalue weighted by molar-refractivity contribution is 0.697. The van der Waals surface area contributed by atoms with E-state index >= 15 is 0 Å². The van der Waals surface area contributed by atoms with Crippen molar-refractivity contribution in [2.24, 2.45) is 0 Å². The smallest absolute Gasteiger partial charge is 0.250 e. The molecule has 1 aromatic heterocycles. The van der Waals surface area contributed by atoms with E-state index in [1.807, 2.05) is 32.3 Å². The van der Waals surface area contributed by atoms with Crippen LogP contribution in [0, 0.1) is 0 Å². The Morgan fingerprint density at radius 3 is 2.74 bits per heavy atom. The highest BCUT2D eigenvalue weighted by molar-refractivity contribution is 5.57. The number of nitrogens with one attached hydrogen (secondary N) is 1. The molecular formula is C15H19N3O. The predicted molar refractivity (Wildman–Crippen MR) is 80.0 cm³/mol. The van der Waals surface area contributed by atoms with Crippen LogP contribution in [-0.2, 0) is 6.54 Å². The van der Waals surface area contributed by atoms with Crippen LogP contribution in [0.2, 0.25) is 0 Å². The molecule has 19 heavy (non-hydrogen) atoms. The Hall–Kier alpha value is -2.23. The Kier molecular flexibility index (Phi) is 4.23. The summed E-state index contributed by atoms with van der Waals surface area (Å²) >= 11 is 0. The first-order chi connectivity index (χ1) is 9.16. The standard InChI is InChI=1S/C15H19N3O/c1-17(2)14-7-5-6-13(12-14)16-9-11-18-10-4-3-8-15(18)19/h3-8,10,12,16H,9,11H2,1-2H3. The van der Waals surface area contributed by atoms with Gasteiger partial charge in [-0.25, -0.2) is 0 Å². The number of anilines is 2. The minimum atomic E-state index is 0.0337. The maximum Gasteiger partial charge on any atom is 0.250 e. The van der Waals surface area contributed by atoms with Crippen LogP contribution >= 0.6 is 0 Å². The van der Waals surface area contributed by atoms with Crippen LogP contribution in [0.1, 0.15) is 0 Å². The Morgan fingerprint density at radius 1 is 1.16 bits per heavy atom. The molecule has 2 rings (SSSR count). The first kappa shape index (κ1) is 13.2. The topological polar surface area (TPSA) is 37.3 Å². The highest BCUT2D eigenvalue weighted by atomic mass is 16.1. The average molecular weight is 257 g/mol. The van der Waals surface area contributed by atoms with E-state index in [-0.39, 0.29) is 5.56 Å². The van der Waals surface area contributed by atoms with Crippen molar-refractivity contribution in [1.29, 1.82) is 0 Å². The van der Waals surface area contributed by atoms with Crippen LogP contribution in [0.4, 0.5) is 11.4 Å². The van der Waals surface area contributed by atoms with Crippen LogP contribution in [0.15, 0.2) is 53.5 Å². The lowest BCUT2D eigenvalue weighted by atomic mass is 10.2. The third-order valence-electron chi connectivity index (χ3n) is 2.94. The second-order valence-corrected chi connectivity index (χ2v) is 4.60. The molecule has 100 valence electrons. The van der Waals surface area contributed by atoms with Gasteiger partial charge in [-0.3, -0.25) is 4.79 Å². The molecule has 0 bridgehead atoms. The third kappa shape index (κ3) is 3.61. The van der Waals surface area contributed by atoms with Crippen molar-refractivity contribution in [2.45, 2.75) is 6.54 Å². The molecule has 0 aliphatic rings. The number of hydrogen-bond acceptors (Lipinski definition) is 3. The van der Waals surface area contributed by atoms with Gasteiger partial charge in [0.25, 0.3) is 5.56 Å². The molecule has 0 aliphatic heterocycles. The van der Waals surface area contributed by atoms with Crippen molar-refractivity contribution in [2.75, 3.05) is 30.9 Å². The largest absolute Gasteiger partial charge is 0.383 e. The monoisotopic (exact) mass is 257 g/mol. The Labute approximate surface area is 113 Å². The van der Waals surface area contributed by atoms with Gasteiger partial charge < -0.3 is 14.8 Å². The van der Waals surface area contributed by atoms with Gasteiger partial charge >= 0.3 is 0 Å². The molecular weight excluding hydrogens is 238 g/mol. The van der Waals surface area contributed by atoms with E-state index in [4.69, 9.17) is 0 Å². The first-order valence-corrected chi connectivity index (χ1v) is 6.33. The summed E-state index contributed by atoms with van der Waals surface area (Å²) < 4.78 is 1.70. The Morgan fingerprint density at radius 2 is 2.00 bits per heavy atom. The van der Waals surface area contributed by atoms with Crippen molar-refractivity contribution in [3.63, 3.8) is 0 Å². The van der Waals surface area contributed by atoms with Crippen molar-refractivity contribution >= 4 is 11.4 Å². The molecule has 0 aliphatic carbocycles. The highest BCUT2D eigenvalue weighted by Crippen LogP contribution is 2.16. The number of rotatable bonds is 5. The van der Waals surface area contributed by atoms with E-state index in [0.29, 0.717) is 6.54 Å². The number of hydrogen-bond donors (Lipinski definition) is 1. The second-order valence-electron chi connectivity index (χ2n) is 4.60. The molecule has 2 aromatic rings. The maximum absolute atomic E-state index is 11.5. The average Bonchev–Trinajstić information content (AvgIpc) is 2.41. The molecule has 0 radical (unpaired) electrons. The minimum Gasteiger partial charge on any atom is -0.383 e. The van der Waals surface area contributed by atoms with E-state index in [2.05, 4.69) is 22.3 Å². The van der Waals surface area contributed by atoms with Gasteiger partial charge in [0.1, 0.15) is 0 Å². The van der Waals surface area contributed by atoms with Gasteiger partial charge in [0.05, 0.1) is 0 Å². The summed E-state index contributed by atoms with van der Waals surface area (Å²) in [6.07, 6.45) is 1.81. The predicted octanol–water partition coefficient (Wildman–Crippen LogP) is 2.03. The molecule has 4 heteroatoms. The van der Waals surface area contributed by atoms with E-state index < -0.39 is 0 Å². The summed E-state index contributed by atoms with van der Waals surface area (Å²) in [6.45, 7) is 1.38. The Balaban J connectivity index is 1.94. The van der Waals surface area contributed by atoms with Crippen molar-refractivity contribution in [3.8, 4) is 0 Å². The van der Waals surface area contributed by atoms with Gasteiger partial charge in [-0.15, -0.1) is 0 Å². The SMILES string of the molecule is CN(C)c1cccc(NCCn2ccccc2=O)c1. The lowest BCUT2D eigenvalue weighted by Crippen LogP contribution is -2.22. The molecule has 0 unspecified atom stereocenters. The van der Waals surface area contributed by atoms with Crippen LogP contribution in [0.3, 0.4) is 0 Å². The molecule has 4 nitrogen and oxygen atoms in total. The van der Waals surface area contributed by atoms with Gasteiger partial charge in [0.15, 0.2) is 0 Å². The molecule has 0 saturated carbocycles. The van der Waals surface area contributed by atoms with E-state index in [1.165, 1.54) is 0 Å². The summed E-state index contributed by atoms with van der Waals surface area (Å²) in [4.78, 5) is 13.6. The second kappa shape index (κ2) is 6.09. The van der Waals surface area contributed by atoms with E-state index in [0.717, 1.165) is 17.9 Å². The molecule has 0 atom stereocenters. The van der Waals surface area contributed by atoms with Crippen molar-refractivity contribution in [1.82, 2.24) is 4.57 Å². The number of nitrogens with zero attached hydrogens (tertiary/aromatic N) is 2. The van der Waals surface area contributed by atoms with Gasteiger partial charge in [0, 0.05) is 50.8 Å². The van der Waals surface area contributed by atoms with Gasteiger partial charge in [-0.1, -0.05) is 12.1 Å². The summed E-state index contributed by atoms with van der Waals surface area (Å²) in [5.41, 5.74) is 2.25. The fraction of sp³-hybridized carbons (Fsp3) is 0.267.